The second kappa shape index (κ2) is 12.1. The lowest BCUT2D eigenvalue weighted by molar-refractivity contribution is 0.374. The lowest BCUT2D eigenvalue weighted by atomic mass is 9.61. The molecule has 1 aromatic heterocycles. The van der Waals surface area contributed by atoms with Crippen molar-refractivity contribution in [1.29, 1.82) is 0 Å². The summed E-state index contributed by atoms with van der Waals surface area (Å²) < 4.78 is 6.69. The van der Waals surface area contributed by atoms with Crippen molar-refractivity contribution in [2.24, 2.45) is 5.92 Å². The minimum atomic E-state index is -0.380. The molecular weight excluding hydrogens is 657 g/mol. The van der Waals surface area contributed by atoms with E-state index in [1.807, 2.05) is 18.2 Å². The summed E-state index contributed by atoms with van der Waals surface area (Å²) in [6.45, 7) is 0. The fourth-order valence-corrected chi connectivity index (χ4v) is 9.28. The summed E-state index contributed by atoms with van der Waals surface area (Å²) in [6, 6.07) is 60.5. The average Bonchev–Trinajstić information content (AvgIpc) is 3.54. The number of allylic oxidation sites excluding steroid dienone is 4. The number of aromatic nitrogens is 2. The predicted octanol–water partition coefficient (Wildman–Crippen LogP) is 12.6. The molecule has 3 unspecified atom stereocenters. The SMILES string of the molecule is C1=CC2c3ccccc3C3(c4ccccc4Oc4ccc(-c5ccc(-c6cc(-c7cccc8ccccc78)nc(-c7ccccc7)n6)cc5)cc43)C2C=C1. The van der Waals surface area contributed by atoms with E-state index < -0.39 is 0 Å². The standard InChI is InChI=1S/C51H34N2O/c1-2-14-36(15-3-1)50-52-46(32-47(53-50)41-20-12-16-34-13-4-5-17-38(34)41)35-27-25-33(26-28-35)37-29-30-49-45(31-37)51(44-23-10-11-24-48(44)54-49)42-21-8-6-18-39(42)40-19-7-9-22-43(40)51/h1-32,39,42H. The van der Waals surface area contributed by atoms with E-state index in [9.17, 15) is 0 Å². The molecule has 0 radical (unpaired) electrons. The van der Waals surface area contributed by atoms with Crippen molar-refractivity contribution in [3.8, 4) is 56.5 Å². The molecule has 0 saturated carbocycles. The number of hydrogen-bond acceptors (Lipinski definition) is 3. The third-order valence-electron chi connectivity index (χ3n) is 11.7. The first kappa shape index (κ1) is 30.8. The highest BCUT2D eigenvalue weighted by Gasteiger charge is 2.56. The number of nitrogens with zero attached hydrogens (tertiary/aromatic N) is 2. The smallest absolute Gasteiger partial charge is 0.160 e. The van der Waals surface area contributed by atoms with Crippen LogP contribution < -0.4 is 4.74 Å². The molecule has 11 rings (SSSR count). The zero-order valence-electron chi connectivity index (χ0n) is 29.4. The van der Waals surface area contributed by atoms with Gasteiger partial charge in [-0.3, -0.25) is 0 Å². The molecule has 2 aliphatic carbocycles. The maximum atomic E-state index is 6.69. The number of benzene rings is 7. The number of fused-ring (bicyclic) bond motifs is 10. The van der Waals surface area contributed by atoms with Gasteiger partial charge in [-0.15, -0.1) is 0 Å². The van der Waals surface area contributed by atoms with Crippen molar-refractivity contribution in [2.75, 3.05) is 0 Å². The van der Waals surface area contributed by atoms with Crippen molar-refractivity contribution >= 4 is 10.8 Å². The molecule has 0 bridgehead atoms. The van der Waals surface area contributed by atoms with Crippen LogP contribution in [0.4, 0.5) is 0 Å². The lowest BCUT2D eigenvalue weighted by Crippen LogP contribution is -2.37. The summed E-state index contributed by atoms with van der Waals surface area (Å²) in [6.07, 6.45) is 9.21. The molecule has 1 spiro atoms. The Kier molecular flexibility index (Phi) is 6.90. The van der Waals surface area contributed by atoms with Crippen LogP contribution >= 0.6 is 0 Å². The van der Waals surface area contributed by atoms with Gasteiger partial charge in [-0.25, -0.2) is 9.97 Å². The van der Waals surface area contributed by atoms with E-state index in [2.05, 4.69) is 176 Å². The minimum absolute atomic E-state index is 0.230. The molecule has 1 aliphatic heterocycles. The van der Waals surface area contributed by atoms with Crippen LogP contribution in [0.15, 0.2) is 194 Å². The van der Waals surface area contributed by atoms with E-state index in [-0.39, 0.29) is 11.3 Å². The van der Waals surface area contributed by atoms with Crippen LogP contribution in [0, 0.1) is 5.92 Å². The second-order valence-electron chi connectivity index (χ2n) is 14.5. The molecule has 254 valence electrons. The van der Waals surface area contributed by atoms with Gasteiger partial charge in [0.15, 0.2) is 5.82 Å². The Bertz CT molecular complexity index is 2810. The molecule has 54 heavy (non-hydrogen) atoms. The van der Waals surface area contributed by atoms with Gasteiger partial charge in [0, 0.05) is 39.7 Å². The molecule has 0 N–H and O–H groups in total. The summed E-state index contributed by atoms with van der Waals surface area (Å²) in [4.78, 5) is 10.2. The van der Waals surface area contributed by atoms with Gasteiger partial charge in [-0.1, -0.05) is 170 Å². The fourth-order valence-electron chi connectivity index (χ4n) is 9.28. The van der Waals surface area contributed by atoms with E-state index in [0.717, 1.165) is 50.7 Å². The summed E-state index contributed by atoms with van der Waals surface area (Å²) in [5, 5.41) is 2.36. The largest absolute Gasteiger partial charge is 0.457 e. The molecule has 0 fully saturated rings. The Labute approximate surface area is 314 Å². The van der Waals surface area contributed by atoms with Crippen LogP contribution in [0.3, 0.4) is 0 Å². The summed E-state index contributed by atoms with van der Waals surface area (Å²) in [5.41, 5.74) is 12.0. The van der Waals surface area contributed by atoms with Gasteiger partial charge in [0.05, 0.1) is 16.8 Å². The molecule has 0 amide bonds. The van der Waals surface area contributed by atoms with Crippen LogP contribution in [0.2, 0.25) is 0 Å². The van der Waals surface area contributed by atoms with Crippen molar-refractivity contribution in [2.45, 2.75) is 11.3 Å². The molecule has 8 aromatic rings. The van der Waals surface area contributed by atoms with Crippen LogP contribution in [-0.2, 0) is 5.41 Å². The van der Waals surface area contributed by atoms with Crippen LogP contribution in [0.1, 0.15) is 28.2 Å². The zero-order chi connectivity index (χ0) is 35.6. The number of ether oxygens (including phenoxy) is 1. The molecule has 3 heteroatoms. The lowest BCUT2D eigenvalue weighted by Gasteiger charge is -2.43. The number of para-hydroxylation sites is 1. The van der Waals surface area contributed by atoms with E-state index in [0.29, 0.717) is 11.7 Å². The maximum absolute atomic E-state index is 6.69. The molecule has 2 heterocycles. The van der Waals surface area contributed by atoms with Crippen molar-refractivity contribution in [3.05, 3.63) is 216 Å². The normalized spacial score (nSPS) is 18.8. The van der Waals surface area contributed by atoms with Crippen LogP contribution in [0.25, 0.3) is 55.8 Å². The van der Waals surface area contributed by atoms with Gasteiger partial charge >= 0.3 is 0 Å². The molecular formula is C51H34N2O. The van der Waals surface area contributed by atoms with E-state index >= 15 is 0 Å². The average molecular weight is 691 g/mol. The van der Waals surface area contributed by atoms with Crippen molar-refractivity contribution in [3.63, 3.8) is 0 Å². The fraction of sp³-hybridized carbons (Fsp3) is 0.0588. The second-order valence-corrected chi connectivity index (χ2v) is 14.5. The molecule has 7 aromatic carbocycles. The van der Waals surface area contributed by atoms with Gasteiger partial charge in [-0.2, -0.15) is 0 Å². The van der Waals surface area contributed by atoms with Crippen molar-refractivity contribution in [1.82, 2.24) is 9.97 Å². The Morgan fingerprint density at radius 3 is 2.06 bits per heavy atom. The summed E-state index contributed by atoms with van der Waals surface area (Å²) >= 11 is 0. The highest BCUT2D eigenvalue weighted by molar-refractivity contribution is 5.96. The maximum Gasteiger partial charge on any atom is 0.160 e. The Balaban J connectivity index is 1.04. The van der Waals surface area contributed by atoms with E-state index in [1.54, 1.807) is 0 Å². The molecule has 0 saturated heterocycles. The monoisotopic (exact) mass is 690 g/mol. The van der Waals surface area contributed by atoms with Gasteiger partial charge in [0.2, 0.25) is 0 Å². The zero-order valence-corrected chi connectivity index (χ0v) is 29.4. The molecule has 3 atom stereocenters. The Morgan fingerprint density at radius 2 is 1.15 bits per heavy atom. The quantitative estimate of drug-likeness (QED) is 0.184. The van der Waals surface area contributed by atoms with Crippen LogP contribution in [-0.4, -0.2) is 9.97 Å². The first-order chi connectivity index (χ1) is 26.8. The predicted molar refractivity (Wildman–Crippen MR) is 219 cm³/mol. The number of hydrogen-bond donors (Lipinski definition) is 0. The first-order valence-corrected chi connectivity index (χ1v) is 18.7. The topological polar surface area (TPSA) is 35.0 Å². The molecule has 3 nitrogen and oxygen atoms in total. The summed E-state index contributed by atoms with van der Waals surface area (Å²) in [5.74, 6) is 3.09. The van der Waals surface area contributed by atoms with Gasteiger partial charge < -0.3 is 4.74 Å². The highest BCUT2D eigenvalue weighted by Crippen LogP contribution is 2.64. The van der Waals surface area contributed by atoms with E-state index in [4.69, 9.17) is 14.7 Å². The van der Waals surface area contributed by atoms with Gasteiger partial charge in [0.1, 0.15) is 11.5 Å². The van der Waals surface area contributed by atoms with Crippen LogP contribution in [0.5, 0.6) is 11.5 Å². The van der Waals surface area contributed by atoms with Crippen molar-refractivity contribution < 1.29 is 4.74 Å². The number of rotatable bonds is 4. The third kappa shape index (κ3) is 4.61. The Hall–Kier alpha value is -6.84. The molecule has 3 aliphatic rings. The Morgan fingerprint density at radius 1 is 0.463 bits per heavy atom. The van der Waals surface area contributed by atoms with Gasteiger partial charge in [-0.05, 0) is 57.3 Å². The third-order valence-corrected chi connectivity index (χ3v) is 11.7. The highest BCUT2D eigenvalue weighted by atomic mass is 16.5. The van der Waals surface area contributed by atoms with E-state index in [1.165, 1.54) is 33.0 Å². The van der Waals surface area contributed by atoms with Gasteiger partial charge in [0.25, 0.3) is 0 Å². The minimum Gasteiger partial charge on any atom is -0.457 e. The first-order valence-electron chi connectivity index (χ1n) is 18.7. The summed E-state index contributed by atoms with van der Waals surface area (Å²) in [7, 11) is 0.